The number of rotatable bonds is 2. The molecule has 0 spiro atoms. The second-order valence-corrected chi connectivity index (χ2v) is 4.02. The van der Waals surface area contributed by atoms with Crippen molar-refractivity contribution in [2.75, 3.05) is 0 Å². The Morgan fingerprint density at radius 2 is 1.74 bits per heavy atom. The molecule has 2 rings (SSSR count). The van der Waals surface area contributed by atoms with Gasteiger partial charge in [0.25, 0.3) is 0 Å². The smallest absolute Gasteiger partial charge is 0.392 e. The molecule has 0 aliphatic rings. The Morgan fingerprint density at radius 1 is 1.11 bits per heavy atom. The molecule has 0 saturated carbocycles. The van der Waals surface area contributed by atoms with E-state index >= 15 is 0 Å². The Hall–Kier alpha value is -1.73. The molecule has 19 heavy (non-hydrogen) atoms. The average Bonchev–Trinajstić information content (AvgIpc) is 2.38. The minimum absolute atomic E-state index is 0.268. The van der Waals surface area contributed by atoms with Gasteiger partial charge in [-0.05, 0) is 6.07 Å². The first kappa shape index (κ1) is 13.7. The fourth-order valence-electron chi connectivity index (χ4n) is 1.34. The first-order chi connectivity index (χ1) is 8.91. The fourth-order valence-corrected chi connectivity index (χ4v) is 1.55. The first-order valence-corrected chi connectivity index (χ1v) is 5.44. The highest BCUT2D eigenvalue weighted by molar-refractivity contribution is 6.31. The van der Waals surface area contributed by atoms with E-state index in [0.29, 0.717) is 16.8 Å². The van der Waals surface area contributed by atoms with Gasteiger partial charge in [-0.25, -0.2) is 9.97 Å². The number of aromatic nitrogens is 3. The van der Waals surface area contributed by atoms with Crippen LogP contribution in [0.2, 0.25) is 5.02 Å². The molecular formula is C11H7ClF3N3O. The average molecular weight is 290 g/mol. The van der Waals surface area contributed by atoms with Gasteiger partial charge in [0.15, 0.2) is 0 Å². The van der Waals surface area contributed by atoms with E-state index in [2.05, 4.69) is 15.0 Å². The minimum Gasteiger partial charge on any atom is -0.392 e. The lowest BCUT2D eigenvalue weighted by Gasteiger charge is -2.06. The third kappa shape index (κ3) is 2.99. The van der Waals surface area contributed by atoms with Crippen LogP contribution < -0.4 is 0 Å². The summed E-state index contributed by atoms with van der Waals surface area (Å²) in [5, 5.41) is 9.20. The van der Waals surface area contributed by atoms with E-state index in [1.807, 2.05) is 0 Å². The highest BCUT2D eigenvalue weighted by Gasteiger charge is 2.34. The van der Waals surface area contributed by atoms with Gasteiger partial charge in [-0.15, -0.1) is 0 Å². The van der Waals surface area contributed by atoms with Crippen molar-refractivity contribution < 1.29 is 18.3 Å². The molecular weight excluding hydrogens is 283 g/mol. The predicted molar refractivity (Wildman–Crippen MR) is 61.2 cm³/mol. The summed E-state index contributed by atoms with van der Waals surface area (Å²) in [6.07, 6.45) is -1.19. The van der Waals surface area contributed by atoms with Crippen LogP contribution in [0.25, 0.3) is 11.3 Å². The van der Waals surface area contributed by atoms with E-state index in [-0.39, 0.29) is 11.6 Å². The molecule has 100 valence electrons. The van der Waals surface area contributed by atoms with Gasteiger partial charge in [0.2, 0.25) is 5.82 Å². The molecule has 0 aliphatic carbocycles. The normalized spacial score (nSPS) is 11.6. The molecule has 0 saturated heterocycles. The summed E-state index contributed by atoms with van der Waals surface area (Å²) in [6.45, 7) is -0.268. The highest BCUT2D eigenvalue weighted by Crippen LogP contribution is 2.27. The maximum absolute atomic E-state index is 12.3. The lowest BCUT2D eigenvalue weighted by atomic mass is 10.2. The van der Waals surface area contributed by atoms with Crippen molar-refractivity contribution in [3.05, 3.63) is 41.1 Å². The van der Waals surface area contributed by atoms with Crippen molar-refractivity contribution in [1.82, 2.24) is 15.0 Å². The molecule has 0 fully saturated rings. The van der Waals surface area contributed by atoms with E-state index in [1.165, 1.54) is 12.3 Å². The summed E-state index contributed by atoms with van der Waals surface area (Å²) in [6, 6.07) is 1.43. The third-order valence-electron chi connectivity index (χ3n) is 2.30. The quantitative estimate of drug-likeness (QED) is 0.923. The van der Waals surface area contributed by atoms with E-state index < -0.39 is 12.0 Å². The van der Waals surface area contributed by atoms with Gasteiger partial charge < -0.3 is 5.11 Å². The number of hydrogen-bond acceptors (Lipinski definition) is 4. The van der Waals surface area contributed by atoms with Crippen LogP contribution in [0.15, 0.2) is 24.7 Å². The minimum atomic E-state index is -4.58. The zero-order chi connectivity index (χ0) is 14.0. The van der Waals surface area contributed by atoms with Gasteiger partial charge in [-0.2, -0.15) is 13.2 Å². The van der Waals surface area contributed by atoms with Crippen molar-refractivity contribution in [3.8, 4) is 11.3 Å². The summed E-state index contributed by atoms with van der Waals surface area (Å²) in [7, 11) is 0. The van der Waals surface area contributed by atoms with Crippen molar-refractivity contribution in [2.24, 2.45) is 0 Å². The van der Waals surface area contributed by atoms with Crippen molar-refractivity contribution in [2.45, 2.75) is 12.8 Å². The van der Waals surface area contributed by atoms with Crippen LogP contribution in [0.4, 0.5) is 13.2 Å². The third-order valence-corrected chi connectivity index (χ3v) is 2.65. The molecule has 4 nitrogen and oxygen atoms in total. The first-order valence-electron chi connectivity index (χ1n) is 5.06. The summed E-state index contributed by atoms with van der Waals surface area (Å²) in [5.41, 5.74) is 1.06. The Balaban J connectivity index is 2.35. The van der Waals surface area contributed by atoms with Gasteiger partial charge in [-0.1, -0.05) is 11.6 Å². The summed E-state index contributed by atoms with van der Waals surface area (Å²) in [4.78, 5) is 10.4. The van der Waals surface area contributed by atoms with E-state index in [1.54, 1.807) is 0 Å². The topological polar surface area (TPSA) is 58.9 Å². The molecule has 0 aromatic carbocycles. The number of aliphatic hydroxyl groups is 1. The maximum atomic E-state index is 12.3. The van der Waals surface area contributed by atoms with Crippen molar-refractivity contribution >= 4 is 11.6 Å². The molecule has 1 N–H and O–H groups in total. The molecule has 8 heteroatoms. The lowest BCUT2D eigenvalue weighted by Crippen LogP contribution is -2.10. The van der Waals surface area contributed by atoms with Gasteiger partial charge in [0.1, 0.15) is 0 Å². The molecule has 0 amide bonds. The number of nitrogens with zero attached hydrogens (tertiary/aromatic N) is 3. The predicted octanol–water partition coefficient (Wildman–Crippen LogP) is 2.70. The van der Waals surface area contributed by atoms with Gasteiger partial charge in [-0.3, -0.25) is 4.98 Å². The second-order valence-electron chi connectivity index (χ2n) is 3.61. The van der Waals surface area contributed by atoms with Crippen molar-refractivity contribution in [1.29, 1.82) is 0 Å². The number of aliphatic hydroxyl groups excluding tert-OH is 1. The number of hydrogen-bond donors (Lipinski definition) is 1. The zero-order valence-corrected chi connectivity index (χ0v) is 10.1. The van der Waals surface area contributed by atoms with Crippen LogP contribution in [0.1, 0.15) is 11.4 Å². The van der Waals surface area contributed by atoms with E-state index in [0.717, 1.165) is 12.4 Å². The standard InChI is InChI=1S/C11H7ClF3N3O/c12-8-1-9(16-4-7(8)5-19)6-2-17-10(18-3-6)11(13,14)15/h1-4,19H,5H2. The number of alkyl halides is 3. The Labute approximate surface area is 110 Å². The Morgan fingerprint density at radius 3 is 2.21 bits per heavy atom. The Bertz CT molecular complexity index is 587. The zero-order valence-electron chi connectivity index (χ0n) is 9.32. The second kappa shape index (κ2) is 5.10. The fraction of sp³-hybridized carbons (Fsp3) is 0.182. The summed E-state index contributed by atoms with van der Waals surface area (Å²) >= 11 is 5.86. The molecule has 2 aromatic rings. The number of pyridine rings is 1. The maximum Gasteiger partial charge on any atom is 0.451 e. The van der Waals surface area contributed by atoms with Crippen LogP contribution in [-0.4, -0.2) is 20.1 Å². The molecule has 0 aliphatic heterocycles. The molecule has 0 atom stereocenters. The van der Waals surface area contributed by atoms with Crippen LogP contribution in [0, 0.1) is 0 Å². The molecule has 2 heterocycles. The van der Waals surface area contributed by atoms with Gasteiger partial charge in [0, 0.05) is 34.7 Å². The van der Waals surface area contributed by atoms with E-state index in [9.17, 15) is 13.2 Å². The molecule has 0 bridgehead atoms. The summed E-state index contributed by atoms with van der Waals surface area (Å²) in [5.74, 6) is -1.21. The Kier molecular flexibility index (Phi) is 3.68. The van der Waals surface area contributed by atoms with Crippen LogP contribution in [-0.2, 0) is 12.8 Å². The monoisotopic (exact) mass is 289 g/mol. The van der Waals surface area contributed by atoms with Crippen LogP contribution >= 0.6 is 11.6 Å². The summed E-state index contributed by atoms with van der Waals surface area (Å²) < 4.78 is 36.9. The lowest BCUT2D eigenvalue weighted by molar-refractivity contribution is -0.144. The number of halogens is 4. The SMILES string of the molecule is OCc1cnc(-c2cnc(C(F)(F)F)nc2)cc1Cl. The highest BCUT2D eigenvalue weighted by atomic mass is 35.5. The van der Waals surface area contributed by atoms with E-state index in [4.69, 9.17) is 16.7 Å². The molecule has 2 aromatic heterocycles. The van der Waals surface area contributed by atoms with Crippen LogP contribution in [0.3, 0.4) is 0 Å². The van der Waals surface area contributed by atoms with Gasteiger partial charge in [0.05, 0.1) is 12.3 Å². The van der Waals surface area contributed by atoms with Gasteiger partial charge >= 0.3 is 6.18 Å². The van der Waals surface area contributed by atoms with Crippen molar-refractivity contribution in [3.63, 3.8) is 0 Å². The largest absolute Gasteiger partial charge is 0.451 e. The molecule has 0 radical (unpaired) electrons. The molecule has 0 unspecified atom stereocenters. The van der Waals surface area contributed by atoms with Crippen LogP contribution in [0.5, 0.6) is 0 Å².